The minimum absolute atomic E-state index is 0.0318. The molecule has 0 saturated carbocycles. The summed E-state index contributed by atoms with van der Waals surface area (Å²) in [6.45, 7) is 3.63. The van der Waals surface area contributed by atoms with Crippen LogP contribution in [0.15, 0.2) is 29.4 Å². The zero-order chi connectivity index (χ0) is 18.9. The molecule has 0 spiro atoms. The quantitative estimate of drug-likeness (QED) is 0.645. The van der Waals surface area contributed by atoms with E-state index in [2.05, 4.69) is 15.3 Å². The first kappa shape index (κ1) is 18.7. The van der Waals surface area contributed by atoms with Gasteiger partial charge in [-0.05, 0) is 32.3 Å². The summed E-state index contributed by atoms with van der Waals surface area (Å²) in [5.74, 6) is -0.295. The van der Waals surface area contributed by atoms with Gasteiger partial charge in [-0.15, -0.1) is 0 Å². The summed E-state index contributed by atoms with van der Waals surface area (Å²) in [5.41, 5.74) is 1.23. The molecule has 8 heteroatoms. The van der Waals surface area contributed by atoms with E-state index in [1.807, 2.05) is 26.0 Å². The van der Waals surface area contributed by atoms with Crippen LogP contribution in [-0.4, -0.2) is 27.7 Å². The Bertz CT molecular complexity index is 837. The monoisotopic (exact) mass is 381 g/mol. The third kappa shape index (κ3) is 4.00. The predicted molar refractivity (Wildman–Crippen MR) is 93.9 cm³/mol. The first-order valence-electron chi connectivity index (χ1n) is 8.24. The smallest absolute Gasteiger partial charge is 0.353 e. The van der Waals surface area contributed by atoms with Crippen molar-refractivity contribution in [3.8, 4) is 11.3 Å². The number of hydrogen-bond donors (Lipinski definition) is 1. The summed E-state index contributed by atoms with van der Waals surface area (Å²) >= 11 is 0.914. The molecule has 26 heavy (non-hydrogen) atoms. The molecule has 2 aromatic rings. The summed E-state index contributed by atoms with van der Waals surface area (Å²) < 4.78 is 40.6. The number of carbonyl (C=O) groups excluding carboxylic acids is 1. The Hall–Kier alpha value is -2.09. The van der Waals surface area contributed by atoms with Crippen LogP contribution < -0.4 is 5.32 Å². The zero-order valence-corrected chi connectivity index (χ0v) is 15.2. The molecule has 0 aliphatic heterocycles. The van der Waals surface area contributed by atoms with Crippen LogP contribution in [0.25, 0.3) is 11.3 Å². The molecule has 0 unspecified atom stereocenters. The number of aromatic nitrogens is 2. The molecule has 1 N–H and O–H groups in total. The van der Waals surface area contributed by atoms with Crippen LogP contribution in [0.3, 0.4) is 0 Å². The van der Waals surface area contributed by atoms with Crippen LogP contribution >= 0.6 is 11.8 Å². The Morgan fingerprint density at radius 2 is 1.96 bits per heavy atom. The van der Waals surface area contributed by atoms with E-state index in [1.165, 1.54) is 0 Å². The minimum atomic E-state index is -4.56. The molecule has 1 amide bonds. The van der Waals surface area contributed by atoms with Crippen molar-refractivity contribution in [2.24, 2.45) is 0 Å². The summed E-state index contributed by atoms with van der Waals surface area (Å²) in [5, 5.41) is 2.66. The van der Waals surface area contributed by atoms with E-state index in [4.69, 9.17) is 0 Å². The standard InChI is InChI=1S/C18H18F3N3OS/c1-10(2)22-14(25)9-26-17-23-15-12-6-4-3-5-11(12)7-8-13(15)16(24-17)18(19,20)21/h3-6,10H,7-9H2,1-2H3,(H,22,25). The molecule has 0 radical (unpaired) electrons. The molecule has 1 aliphatic carbocycles. The average Bonchev–Trinajstić information content (AvgIpc) is 2.57. The van der Waals surface area contributed by atoms with Crippen molar-refractivity contribution < 1.29 is 18.0 Å². The summed E-state index contributed by atoms with van der Waals surface area (Å²) in [6, 6.07) is 7.29. The Balaban J connectivity index is 1.99. The van der Waals surface area contributed by atoms with Crippen LogP contribution in [0, 0.1) is 0 Å². The lowest BCUT2D eigenvalue weighted by Gasteiger charge is -2.22. The lowest BCUT2D eigenvalue weighted by molar-refractivity contribution is -0.142. The molecular formula is C18H18F3N3OS. The second-order valence-corrected chi connectivity index (χ2v) is 7.29. The van der Waals surface area contributed by atoms with Crippen molar-refractivity contribution in [2.75, 3.05) is 5.75 Å². The maximum Gasteiger partial charge on any atom is 0.433 e. The molecule has 4 nitrogen and oxygen atoms in total. The maximum absolute atomic E-state index is 13.5. The van der Waals surface area contributed by atoms with Crippen LogP contribution in [0.2, 0.25) is 0 Å². The van der Waals surface area contributed by atoms with E-state index in [0.29, 0.717) is 17.7 Å². The van der Waals surface area contributed by atoms with Crippen molar-refractivity contribution in [3.63, 3.8) is 0 Å². The fourth-order valence-corrected chi connectivity index (χ4v) is 3.60. The molecule has 0 fully saturated rings. The van der Waals surface area contributed by atoms with E-state index in [1.54, 1.807) is 12.1 Å². The van der Waals surface area contributed by atoms with Gasteiger partial charge in [0.15, 0.2) is 10.9 Å². The number of amides is 1. The van der Waals surface area contributed by atoms with Crippen molar-refractivity contribution in [3.05, 3.63) is 41.1 Å². The lowest BCUT2D eigenvalue weighted by atomic mass is 9.88. The third-order valence-electron chi connectivity index (χ3n) is 3.95. The number of carbonyl (C=O) groups is 1. The molecule has 0 saturated heterocycles. The molecule has 1 heterocycles. The van der Waals surface area contributed by atoms with E-state index in [9.17, 15) is 18.0 Å². The zero-order valence-electron chi connectivity index (χ0n) is 14.4. The predicted octanol–water partition coefficient (Wildman–Crippen LogP) is 3.88. The molecule has 0 bridgehead atoms. The van der Waals surface area contributed by atoms with Gasteiger partial charge in [-0.25, -0.2) is 9.97 Å². The average molecular weight is 381 g/mol. The molecule has 3 rings (SSSR count). The highest BCUT2D eigenvalue weighted by Gasteiger charge is 2.38. The van der Waals surface area contributed by atoms with E-state index in [0.717, 1.165) is 17.3 Å². The highest BCUT2D eigenvalue weighted by Crippen LogP contribution is 2.40. The molecule has 138 valence electrons. The lowest BCUT2D eigenvalue weighted by Crippen LogP contribution is -2.31. The normalized spacial score (nSPS) is 13.3. The number of halogens is 3. The summed E-state index contributed by atoms with van der Waals surface area (Å²) in [4.78, 5) is 19.9. The number of rotatable bonds is 4. The highest BCUT2D eigenvalue weighted by atomic mass is 32.2. The van der Waals surface area contributed by atoms with Gasteiger partial charge in [0.2, 0.25) is 5.91 Å². The fraction of sp³-hybridized carbons (Fsp3) is 0.389. The van der Waals surface area contributed by atoms with Gasteiger partial charge in [0.1, 0.15) is 0 Å². The first-order chi connectivity index (χ1) is 12.3. The Labute approximate surface area is 153 Å². The largest absolute Gasteiger partial charge is 0.433 e. The Morgan fingerprint density at radius 3 is 2.65 bits per heavy atom. The van der Waals surface area contributed by atoms with Crippen molar-refractivity contribution in [1.82, 2.24) is 15.3 Å². The number of alkyl halides is 3. The molecule has 1 aromatic heterocycles. The second-order valence-electron chi connectivity index (χ2n) is 6.35. The number of aryl methyl sites for hydroxylation is 1. The first-order valence-corrected chi connectivity index (χ1v) is 9.23. The fourth-order valence-electron chi connectivity index (χ4n) is 2.94. The van der Waals surface area contributed by atoms with Gasteiger partial charge in [0.25, 0.3) is 0 Å². The maximum atomic E-state index is 13.5. The highest BCUT2D eigenvalue weighted by molar-refractivity contribution is 7.99. The number of fused-ring (bicyclic) bond motifs is 3. The van der Waals surface area contributed by atoms with Crippen molar-refractivity contribution in [2.45, 2.75) is 44.1 Å². The topological polar surface area (TPSA) is 54.9 Å². The van der Waals surface area contributed by atoms with Crippen LogP contribution in [0.4, 0.5) is 13.2 Å². The third-order valence-corrected chi connectivity index (χ3v) is 4.80. The van der Waals surface area contributed by atoms with Crippen LogP contribution in [0.1, 0.15) is 30.7 Å². The van der Waals surface area contributed by atoms with Gasteiger partial charge in [0.05, 0.1) is 11.4 Å². The van der Waals surface area contributed by atoms with E-state index in [-0.39, 0.29) is 34.8 Å². The van der Waals surface area contributed by atoms with Crippen LogP contribution in [-0.2, 0) is 23.8 Å². The Morgan fingerprint density at radius 1 is 1.23 bits per heavy atom. The molecule has 1 aromatic carbocycles. The van der Waals surface area contributed by atoms with Gasteiger partial charge in [-0.3, -0.25) is 4.79 Å². The van der Waals surface area contributed by atoms with Crippen molar-refractivity contribution >= 4 is 17.7 Å². The minimum Gasteiger partial charge on any atom is -0.353 e. The molecule has 1 aliphatic rings. The SMILES string of the molecule is CC(C)NC(=O)CSc1nc2c(c(C(F)(F)F)n1)CCc1ccccc1-2. The number of nitrogens with zero attached hydrogens (tertiary/aromatic N) is 2. The molecule has 0 atom stereocenters. The number of thioether (sulfide) groups is 1. The van der Waals surface area contributed by atoms with Gasteiger partial charge in [0, 0.05) is 17.2 Å². The van der Waals surface area contributed by atoms with Gasteiger partial charge >= 0.3 is 6.18 Å². The summed E-state index contributed by atoms with van der Waals surface area (Å²) in [7, 11) is 0. The number of benzene rings is 1. The summed E-state index contributed by atoms with van der Waals surface area (Å²) in [6.07, 6.45) is -3.78. The van der Waals surface area contributed by atoms with Gasteiger partial charge in [-0.1, -0.05) is 36.0 Å². The number of hydrogen-bond acceptors (Lipinski definition) is 4. The van der Waals surface area contributed by atoms with Gasteiger partial charge in [-0.2, -0.15) is 13.2 Å². The van der Waals surface area contributed by atoms with E-state index >= 15 is 0 Å². The van der Waals surface area contributed by atoms with E-state index < -0.39 is 11.9 Å². The van der Waals surface area contributed by atoms with Crippen molar-refractivity contribution in [1.29, 1.82) is 0 Å². The second kappa shape index (κ2) is 7.26. The number of nitrogens with one attached hydrogen (secondary N) is 1. The van der Waals surface area contributed by atoms with Crippen LogP contribution in [0.5, 0.6) is 0 Å². The Kier molecular flexibility index (Phi) is 5.22. The van der Waals surface area contributed by atoms with Gasteiger partial charge < -0.3 is 5.32 Å². The molecular weight excluding hydrogens is 363 g/mol.